The lowest BCUT2D eigenvalue weighted by atomic mass is 9.92. The molecule has 0 radical (unpaired) electrons. The summed E-state index contributed by atoms with van der Waals surface area (Å²) in [7, 11) is 1.58. The Bertz CT molecular complexity index is 1300. The van der Waals surface area contributed by atoms with Gasteiger partial charge in [-0.25, -0.2) is 9.18 Å². The Kier molecular flexibility index (Phi) is 5.23. The van der Waals surface area contributed by atoms with Crippen LogP contribution >= 0.6 is 11.6 Å². The van der Waals surface area contributed by atoms with Gasteiger partial charge in [0.25, 0.3) is 0 Å². The zero-order chi connectivity index (χ0) is 22.2. The fraction of sp³-hybridized carbons (Fsp3) is 0.160. The van der Waals surface area contributed by atoms with Crippen molar-refractivity contribution in [3.63, 3.8) is 0 Å². The Labute approximate surface area is 189 Å². The number of fused-ring (bicyclic) bond motifs is 3. The van der Waals surface area contributed by atoms with Crippen molar-refractivity contribution in [2.75, 3.05) is 19.0 Å². The van der Waals surface area contributed by atoms with Crippen LogP contribution in [0.2, 0.25) is 5.02 Å². The largest absolute Gasteiger partial charge is 0.497 e. The highest BCUT2D eigenvalue weighted by Gasteiger charge is 2.34. The number of ether oxygens (including phenoxy) is 1. The van der Waals surface area contributed by atoms with E-state index in [9.17, 15) is 9.18 Å². The molecule has 1 aromatic heterocycles. The molecule has 4 aromatic rings. The van der Waals surface area contributed by atoms with Gasteiger partial charge >= 0.3 is 6.03 Å². The summed E-state index contributed by atoms with van der Waals surface area (Å²) in [5.74, 6) is 0.340. The van der Waals surface area contributed by atoms with Gasteiger partial charge in [0.15, 0.2) is 0 Å². The molecule has 2 heterocycles. The van der Waals surface area contributed by atoms with Gasteiger partial charge in [0.05, 0.1) is 13.2 Å². The van der Waals surface area contributed by atoms with Crippen LogP contribution in [0.1, 0.15) is 22.9 Å². The fourth-order valence-electron chi connectivity index (χ4n) is 4.37. The van der Waals surface area contributed by atoms with Gasteiger partial charge in [0, 0.05) is 39.9 Å². The standard InChI is InChI=1S/C25H21ClFN3O2/c1-32-19-4-2-3-18(14-19)28-25(31)30-12-11-20-21-13-16(26)7-10-22(21)29-23(20)24(30)15-5-8-17(27)9-6-15/h2-10,13-14,24,29H,11-12H2,1H3,(H,28,31). The number of aromatic amines is 1. The molecule has 3 aromatic carbocycles. The van der Waals surface area contributed by atoms with Crippen molar-refractivity contribution in [3.05, 3.63) is 94.4 Å². The van der Waals surface area contributed by atoms with Crippen molar-refractivity contribution in [1.82, 2.24) is 9.88 Å². The monoisotopic (exact) mass is 449 g/mol. The number of hydrogen-bond acceptors (Lipinski definition) is 2. The van der Waals surface area contributed by atoms with Crippen LogP contribution in [0.25, 0.3) is 10.9 Å². The Morgan fingerprint density at radius 1 is 1.16 bits per heavy atom. The van der Waals surface area contributed by atoms with Gasteiger partial charge in [0.1, 0.15) is 11.6 Å². The van der Waals surface area contributed by atoms with Crippen LogP contribution in [-0.2, 0) is 6.42 Å². The number of benzene rings is 3. The van der Waals surface area contributed by atoms with Gasteiger partial charge < -0.3 is 19.9 Å². The predicted octanol–water partition coefficient (Wildman–Crippen LogP) is 6.15. The third kappa shape index (κ3) is 3.67. The molecule has 2 N–H and O–H groups in total. The number of aromatic nitrogens is 1. The summed E-state index contributed by atoms with van der Waals surface area (Å²) in [5, 5.41) is 4.68. The number of halogens is 2. The lowest BCUT2D eigenvalue weighted by Gasteiger charge is -2.36. The first kappa shape index (κ1) is 20.4. The van der Waals surface area contributed by atoms with E-state index in [4.69, 9.17) is 16.3 Å². The molecule has 0 bridgehead atoms. The smallest absolute Gasteiger partial charge is 0.322 e. The van der Waals surface area contributed by atoms with Gasteiger partial charge in [-0.15, -0.1) is 0 Å². The van der Waals surface area contributed by atoms with Crippen molar-refractivity contribution >= 4 is 34.2 Å². The van der Waals surface area contributed by atoms with Gasteiger partial charge in [-0.3, -0.25) is 0 Å². The Morgan fingerprint density at radius 3 is 2.75 bits per heavy atom. The molecule has 0 saturated carbocycles. The quantitative estimate of drug-likeness (QED) is 0.394. The number of H-pyrrole nitrogens is 1. The van der Waals surface area contributed by atoms with Gasteiger partial charge in [0.2, 0.25) is 0 Å². The van der Waals surface area contributed by atoms with E-state index >= 15 is 0 Å². The van der Waals surface area contributed by atoms with Gasteiger partial charge in [-0.2, -0.15) is 0 Å². The molecule has 2 amide bonds. The van der Waals surface area contributed by atoms with Crippen molar-refractivity contribution in [2.45, 2.75) is 12.5 Å². The number of carbonyl (C=O) groups excluding carboxylic acids is 1. The number of carbonyl (C=O) groups is 1. The summed E-state index contributed by atoms with van der Waals surface area (Å²) < 4.78 is 18.9. The lowest BCUT2D eigenvalue weighted by molar-refractivity contribution is 0.193. The second-order valence-corrected chi connectivity index (χ2v) is 8.20. The molecule has 1 unspecified atom stereocenters. The summed E-state index contributed by atoms with van der Waals surface area (Å²) in [4.78, 5) is 18.6. The van der Waals surface area contributed by atoms with E-state index in [-0.39, 0.29) is 11.8 Å². The normalized spacial score (nSPS) is 15.5. The number of urea groups is 1. The second kappa shape index (κ2) is 8.20. The molecule has 0 aliphatic carbocycles. The van der Waals surface area contributed by atoms with E-state index in [1.165, 1.54) is 12.1 Å². The minimum absolute atomic E-state index is 0.241. The van der Waals surface area contributed by atoms with Gasteiger partial charge in [-0.05, 0) is 60.0 Å². The molecular formula is C25H21ClFN3O2. The number of amides is 2. The van der Waals surface area contributed by atoms with E-state index in [0.29, 0.717) is 29.4 Å². The highest BCUT2D eigenvalue weighted by atomic mass is 35.5. The van der Waals surface area contributed by atoms with Crippen LogP contribution in [0.3, 0.4) is 0 Å². The van der Waals surface area contributed by atoms with Crippen LogP contribution in [0.4, 0.5) is 14.9 Å². The van der Waals surface area contributed by atoms with E-state index in [1.807, 2.05) is 36.4 Å². The molecule has 1 atom stereocenters. The maximum atomic E-state index is 13.6. The average Bonchev–Trinajstić information content (AvgIpc) is 3.17. The van der Waals surface area contributed by atoms with Crippen LogP contribution < -0.4 is 10.1 Å². The van der Waals surface area contributed by atoms with E-state index in [1.54, 1.807) is 30.2 Å². The van der Waals surface area contributed by atoms with Crippen LogP contribution in [0, 0.1) is 5.82 Å². The third-order valence-electron chi connectivity index (χ3n) is 5.86. The third-order valence-corrected chi connectivity index (χ3v) is 6.09. The molecule has 7 heteroatoms. The molecule has 5 rings (SSSR count). The van der Waals surface area contributed by atoms with Crippen molar-refractivity contribution < 1.29 is 13.9 Å². The molecule has 0 fully saturated rings. The molecule has 0 spiro atoms. The SMILES string of the molecule is COc1cccc(NC(=O)N2CCc3c([nH]c4ccc(Cl)cc34)C2c2ccc(F)cc2)c1. The highest BCUT2D eigenvalue weighted by molar-refractivity contribution is 6.31. The molecule has 162 valence electrons. The molecule has 1 aliphatic rings. The van der Waals surface area contributed by atoms with Crippen LogP contribution in [-0.4, -0.2) is 29.6 Å². The molecule has 0 saturated heterocycles. The summed E-state index contributed by atoms with van der Waals surface area (Å²) >= 11 is 6.24. The summed E-state index contributed by atoms with van der Waals surface area (Å²) in [6.07, 6.45) is 0.679. The first-order valence-corrected chi connectivity index (χ1v) is 10.7. The highest BCUT2D eigenvalue weighted by Crippen LogP contribution is 2.39. The summed E-state index contributed by atoms with van der Waals surface area (Å²) in [6, 6.07) is 18.6. The first-order valence-electron chi connectivity index (χ1n) is 10.3. The van der Waals surface area contributed by atoms with Crippen molar-refractivity contribution in [1.29, 1.82) is 0 Å². The Hall–Kier alpha value is -3.51. The van der Waals surface area contributed by atoms with E-state index < -0.39 is 6.04 Å². The maximum Gasteiger partial charge on any atom is 0.322 e. The van der Waals surface area contributed by atoms with E-state index in [2.05, 4.69) is 10.3 Å². The fourth-order valence-corrected chi connectivity index (χ4v) is 4.54. The van der Waals surface area contributed by atoms with Crippen LogP contribution in [0.15, 0.2) is 66.7 Å². The second-order valence-electron chi connectivity index (χ2n) is 7.77. The minimum atomic E-state index is -0.392. The number of methoxy groups -OCH3 is 1. The number of anilines is 1. The molecular weight excluding hydrogens is 429 g/mol. The minimum Gasteiger partial charge on any atom is -0.497 e. The number of rotatable bonds is 3. The van der Waals surface area contributed by atoms with Crippen molar-refractivity contribution in [3.8, 4) is 5.75 Å². The summed E-state index contributed by atoms with van der Waals surface area (Å²) in [5.41, 5.74) is 4.47. The zero-order valence-corrected chi connectivity index (χ0v) is 18.1. The summed E-state index contributed by atoms with van der Waals surface area (Å²) in [6.45, 7) is 0.504. The van der Waals surface area contributed by atoms with E-state index in [0.717, 1.165) is 27.7 Å². The number of nitrogens with one attached hydrogen (secondary N) is 2. The van der Waals surface area contributed by atoms with Crippen LogP contribution in [0.5, 0.6) is 5.75 Å². The topological polar surface area (TPSA) is 57.4 Å². The Morgan fingerprint density at radius 2 is 1.97 bits per heavy atom. The molecule has 5 nitrogen and oxygen atoms in total. The maximum absolute atomic E-state index is 13.6. The zero-order valence-electron chi connectivity index (χ0n) is 17.4. The predicted molar refractivity (Wildman–Crippen MR) is 124 cm³/mol. The Balaban J connectivity index is 1.56. The first-order chi connectivity index (χ1) is 15.5. The number of hydrogen-bond donors (Lipinski definition) is 2. The molecule has 32 heavy (non-hydrogen) atoms. The molecule has 1 aliphatic heterocycles. The van der Waals surface area contributed by atoms with Crippen molar-refractivity contribution in [2.24, 2.45) is 0 Å². The number of nitrogens with zero attached hydrogens (tertiary/aromatic N) is 1. The van der Waals surface area contributed by atoms with Gasteiger partial charge in [-0.1, -0.05) is 29.8 Å². The average molecular weight is 450 g/mol. The lowest BCUT2D eigenvalue weighted by Crippen LogP contribution is -2.43.